The Morgan fingerprint density at radius 3 is 2.60 bits per heavy atom. The first kappa shape index (κ1) is 16.5. The molecule has 0 atom stereocenters. The lowest BCUT2D eigenvalue weighted by atomic mass is 10.1. The summed E-state index contributed by atoms with van der Waals surface area (Å²) in [6, 6.07) is 0. The smallest absolute Gasteiger partial charge is 0.339 e. The van der Waals surface area contributed by atoms with Crippen molar-refractivity contribution in [2.45, 2.75) is 20.4 Å². The van der Waals surface area contributed by atoms with Gasteiger partial charge in [0.1, 0.15) is 11.9 Å². The van der Waals surface area contributed by atoms with Crippen LogP contribution in [-0.2, 0) is 6.54 Å². The van der Waals surface area contributed by atoms with Crippen LogP contribution < -0.4 is 0 Å². The Balaban J connectivity index is 2.80. The fraction of sp³-hybridized carbons (Fsp3) is 0.643. The zero-order chi connectivity index (χ0) is 15.1. The Labute approximate surface area is 120 Å². The summed E-state index contributed by atoms with van der Waals surface area (Å²) in [5, 5.41) is 9.17. The molecule has 0 bridgehead atoms. The van der Waals surface area contributed by atoms with Gasteiger partial charge in [-0.1, -0.05) is 13.8 Å². The van der Waals surface area contributed by atoms with Gasteiger partial charge in [0, 0.05) is 32.4 Å². The van der Waals surface area contributed by atoms with E-state index in [9.17, 15) is 9.90 Å². The number of rotatable bonds is 8. The molecule has 0 aliphatic heterocycles. The summed E-state index contributed by atoms with van der Waals surface area (Å²) < 4.78 is 0. The van der Waals surface area contributed by atoms with Crippen LogP contribution in [0.3, 0.4) is 0 Å². The molecule has 0 saturated heterocycles. The van der Waals surface area contributed by atoms with E-state index in [1.165, 1.54) is 12.5 Å². The second-order valence-electron chi connectivity index (χ2n) is 5.62. The Morgan fingerprint density at radius 2 is 2.05 bits per heavy atom. The number of hydrogen-bond acceptors (Lipinski definition) is 5. The van der Waals surface area contributed by atoms with Gasteiger partial charge in [-0.2, -0.15) is 0 Å². The first-order chi connectivity index (χ1) is 9.40. The van der Waals surface area contributed by atoms with Gasteiger partial charge in [0.25, 0.3) is 0 Å². The zero-order valence-electron chi connectivity index (χ0n) is 12.7. The van der Waals surface area contributed by atoms with Crippen molar-refractivity contribution in [2.24, 2.45) is 5.92 Å². The van der Waals surface area contributed by atoms with E-state index in [4.69, 9.17) is 0 Å². The minimum Gasteiger partial charge on any atom is -0.478 e. The van der Waals surface area contributed by atoms with Gasteiger partial charge < -0.3 is 10.0 Å². The fourth-order valence-corrected chi connectivity index (χ4v) is 1.96. The molecule has 1 aromatic rings. The third-order valence-electron chi connectivity index (χ3n) is 2.89. The van der Waals surface area contributed by atoms with Crippen molar-refractivity contribution in [3.63, 3.8) is 0 Å². The van der Waals surface area contributed by atoms with Crippen molar-refractivity contribution in [1.82, 2.24) is 19.8 Å². The molecule has 1 heterocycles. The number of nitrogens with zero attached hydrogens (tertiary/aromatic N) is 4. The molecule has 0 fully saturated rings. The average Bonchev–Trinajstić information content (AvgIpc) is 2.35. The number of carbonyl (C=O) groups is 1. The van der Waals surface area contributed by atoms with Gasteiger partial charge in [-0.3, -0.25) is 4.90 Å². The van der Waals surface area contributed by atoms with Crippen molar-refractivity contribution in [3.8, 4) is 0 Å². The van der Waals surface area contributed by atoms with Gasteiger partial charge in [0.05, 0.1) is 5.69 Å². The number of likely N-dealkylation sites (N-methyl/N-ethyl adjacent to an activating group) is 1. The molecule has 0 radical (unpaired) electrons. The van der Waals surface area contributed by atoms with Crippen molar-refractivity contribution in [1.29, 1.82) is 0 Å². The maximum Gasteiger partial charge on any atom is 0.339 e. The molecule has 1 rings (SSSR count). The zero-order valence-corrected chi connectivity index (χ0v) is 12.7. The van der Waals surface area contributed by atoms with Crippen LogP contribution in [0.4, 0.5) is 0 Å². The van der Waals surface area contributed by atoms with Gasteiger partial charge in [0.15, 0.2) is 0 Å². The molecule has 0 aliphatic carbocycles. The van der Waals surface area contributed by atoms with Gasteiger partial charge in [-0.25, -0.2) is 14.8 Å². The lowest BCUT2D eigenvalue weighted by molar-refractivity contribution is 0.0693. The van der Waals surface area contributed by atoms with Gasteiger partial charge >= 0.3 is 5.97 Å². The molecular weight excluding hydrogens is 256 g/mol. The molecular formula is C14H24N4O2. The molecule has 6 heteroatoms. The number of carboxylic acids is 1. The minimum absolute atomic E-state index is 0.186. The minimum atomic E-state index is -0.974. The van der Waals surface area contributed by atoms with Gasteiger partial charge in [-0.05, 0) is 20.0 Å². The molecule has 0 spiro atoms. The summed E-state index contributed by atoms with van der Waals surface area (Å²) in [5.74, 6) is -0.454. The summed E-state index contributed by atoms with van der Waals surface area (Å²) in [6.07, 6.45) is 2.77. The number of hydrogen-bond donors (Lipinski definition) is 1. The quantitative estimate of drug-likeness (QED) is 0.771. The standard InChI is InChI=1S/C14H24N4O2/c1-11(2)8-18(6-5-17(3)4)9-13-12(14(19)20)7-15-10-16-13/h7,10-11H,5-6,8-9H2,1-4H3,(H,19,20). The van der Waals surface area contributed by atoms with Crippen molar-refractivity contribution in [2.75, 3.05) is 33.7 Å². The van der Waals surface area contributed by atoms with Crippen LogP contribution in [0.5, 0.6) is 0 Å². The molecule has 1 N–H and O–H groups in total. The van der Waals surface area contributed by atoms with Crippen LogP contribution in [0.25, 0.3) is 0 Å². The van der Waals surface area contributed by atoms with E-state index in [-0.39, 0.29) is 5.56 Å². The highest BCUT2D eigenvalue weighted by atomic mass is 16.4. The molecule has 1 aromatic heterocycles. The summed E-state index contributed by atoms with van der Waals surface area (Å²) >= 11 is 0. The highest BCUT2D eigenvalue weighted by molar-refractivity contribution is 5.88. The van der Waals surface area contributed by atoms with Crippen LogP contribution in [0, 0.1) is 5.92 Å². The van der Waals surface area contributed by atoms with E-state index < -0.39 is 5.97 Å². The third-order valence-corrected chi connectivity index (χ3v) is 2.89. The molecule has 20 heavy (non-hydrogen) atoms. The van der Waals surface area contributed by atoms with Crippen molar-refractivity contribution < 1.29 is 9.90 Å². The van der Waals surface area contributed by atoms with Gasteiger partial charge in [0.2, 0.25) is 0 Å². The summed E-state index contributed by atoms with van der Waals surface area (Å²) in [4.78, 5) is 23.5. The van der Waals surface area contributed by atoms with Crippen LogP contribution >= 0.6 is 0 Å². The van der Waals surface area contributed by atoms with E-state index in [0.29, 0.717) is 18.2 Å². The lowest BCUT2D eigenvalue weighted by Crippen LogP contribution is -2.34. The Morgan fingerprint density at radius 1 is 1.35 bits per heavy atom. The fourth-order valence-electron chi connectivity index (χ4n) is 1.96. The van der Waals surface area contributed by atoms with Crippen LogP contribution in [0.15, 0.2) is 12.5 Å². The molecule has 0 amide bonds. The Bertz CT molecular complexity index is 435. The molecule has 6 nitrogen and oxygen atoms in total. The SMILES string of the molecule is CC(C)CN(CCN(C)C)Cc1ncncc1C(=O)O. The maximum atomic E-state index is 11.2. The maximum absolute atomic E-state index is 11.2. The van der Waals surface area contributed by atoms with E-state index in [2.05, 4.69) is 33.6 Å². The van der Waals surface area contributed by atoms with E-state index >= 15 is 0 Å². The average molecular weight is 280 g/mol. The largest absolute Gasteiger partial charge is 0.478 e. The first-order valence-corrected chi connectivity index (χ1v) is 6.79. The highest BCUT2D eigenvalue weighted by Crippen LogP contribution is 2.09. The molecule has 112 valence electrons. The first-order valence-electron chi connectivity index (χ1n) is 6.79. The van der Waals surface area contributed by atoms with Crippen molar-refractivity contribution in [3.05, 3.63) is 23.8 Å². The second kappa shape index (κ2) is 7.91. The van der Waals surface area contributed by atoms with E-state index in [1.807, 2.05) is 14.1 Å². The summed E-state index contributed by atoms with van der Waals surface area (Å²) in [7, 11) is 4.06. The topological polar surface area (TPSA) is 69.6 Å². The predicted molar refractivity (Wildman–Crippen MR) is 77.7 cm³/mol. The lowest BCUT2D eigenvalue weighted by Gasteiger charge is -2.25. The van der Waals surface area contributed by atoms with E-state index in [0.717, 1.165) is 19.6 Å². The molecule has 0 aliphatic rings. The third kappa shape index (κ3) is 5.63. The van der Waals surface area contributed by atoms with Crippen LogP contribution in [0.1, 0.15) is 29.9 Å². The Hall–Kier alpha value is -1.53. The normalized spacial score (nSPS) is 11.6. The second-order valence-corrected chi connectivity index (χ2v) is 5.62. The van der Waals surface area contributed by atoms with Gasteiger partial charge in [-0.15, -0.1) is 0 Å². The summed E-state index contributed by atoms with van der Waals surface area (Å²) in [5.41, 5.74) is 0.762. The predicted octanol–water partition coefficient (Wildman–Crippen LogP) is 1.19. The number of carboxylic acid groups (broad SMARTS) is 1. The van der Waals surface area contributed by atoms with Crippen LogP contribution in [-0.4, -0.2) is 64.6 Å². The molecule has 0 unspecified atom stereocenters. The number of aromatic carboxylic acids is 1. The number of aromatic nitrogens is 2. The highest BCUT2D eigenvalue weighted by Gasteiger charge is 2.16. The van der Waals surface area contributed by atoms with Crippen LogP contribution in [0.2, 0.25) is 0 Å². The Kier molecular flexibility index (Phi) is 6.54. The van der Waals surface area contributed by atoms with E-state index in [1.54, 1.807) is 0 Å². The van der Waals surface area contributed by atoms with Crippen molar-refractivity contribution >= 4 is 5.97 Å². The molecule has 0 saturated carbocycles. The summed E-state index contributed by atoms with van der Waals surface area (Å²) in [6.45, 7) is 7.57. The molecule has 0 aromatic carbocycles. The monoisotopic (exact) mass is 280 g/mol.